The number of thiophene rings is 3. The molecule has 0 aliphatic rings. The first kappa shape index (κ1) is 31.7. The number of hydrogen-bond acceptors (Lipinski definition) is 3. The Bertz CT molecular complexity index is 5090. The smallest absolute Gasteiger partial charge is 0.0440 e. The minimum absolute atomic E-state index is 1.29. The second-order valence-corrected chi connectivity index (χ2v) is 20.9. The third kappa shape index (κ3) is 3.51. The van der Waals surface area contributed by atoms with Gasteiger partial charge in [-0.25, -0.2) is 0 Å². The number of hydrogen-bond donors (Lipinski definition) is 0. The van der Waals surface area contributed by atoms with E-state index in [1.54, 1.807) is 0 Å². The van der Waals surface area contributed by atoms with Crippen LogP contribution in [0.3, 0.4) is 0 Å². The molecule has 15 aromatic carbocycles. The van der Waals surface area contributed by atoms with E-state index in [0.717, 1.165) is 0 Å². The molecular formula is C60H26S3. The van der Waals surface area contributed by atoms with E-state index >= 15 is 0 Å². The maximum atomic E-state index is 2.67. The zero-order valence-corrected chi connectivity index (χ0v) is 35.7. The van der Waals surface area contributed by atoms with E-state index in [1.807, 2.05) is 34.0 Å². The van der Waals surface area contributed by atoms with Crippen molar-refractivity contribution in [3.05, 3.63) is 156 Å². The molecule has 3 heteroatoms. The zero-order valence-electron chi connectivity index (χ0n) is 33.2. The first-order valence-corrected chi connectivity index (χ1v) is 24.4. The van der Waals surface area contributed by atoms with Gasteiger partial charge in [0.2, 0.25) is 0 Å². The highest BCUT2D eigenvalue weighted by Crippen LogP contribution is 2.60. The fourth-order valence-electron chi connectivity index (χ4n) is 12.9. The van der Waals surface area contributed by atoms with Gasteiger partial charge in [0.05, 0.1) is 0 Å². The Balaban J connectivity index is 1.24. The molecule has 0 atom stereocenters. The van der Waals surface area contributed by atoms with E-state index in [-0.39, 0.29) is 0 Å². The van der Waals surface area contributed by atoms with Crippen molar-refractivity contribution in [1.29, 1.82) is 0 Å². The van der Waals surface area contributed by atoms with Crippen LogP contribution >= 0.6 is 34.0 Å². The summed E-state index contributed by atoms with van der Waals surface area (Å²) in [7, 11) is 0. The summed E-state index contributed by atoms with van der Waals surface area (Å²) in [6.45, 7) is 0. The minimum Gasteiger partial charge on any atom is -0.142 e. The molecule has 284 valence electrons. The fraction of sp³-hybridized carbons (Fsp3) is 0. The van der Waals surface area contributed by atoms with Crippen LogP contribution < -0.4 is 0 Å². The highest BCUT2D eigenvalue weighted by molar-refractivity contribution is 7.21. The molecular weight excluding hydrogens is 817 g/mol. The van der Waals surface area contributed by atoms with Crippen molar-refractivity contribution in [2.75, 3.05) is 0 Å². The quantitative estimate of drug-likeness (QED) is 0.105. The molecule has 0 fully saturated rings. The van der Waals surface area contributed by atoms with Gasteiger partial charge in [-0.3, -0.25) is 0 Å². The normalized spacial score (nSPS) is 13.4. The van der Waals surface area contributed by atoms with Gasteiger partial charge in [-0.05, 0) is 185 Å². The maximum Gasteiger partial charge on any atom is 0.0440 e. The van der Waals surface area contributed by atoms with Crippen LogP contribution in [0.2, 0.25) is 0 Å². The van der Waals surface area contributed by atoms with Crippen molar-refractivity contribution >= 4 is 215 Å². The van der Waals surface area contributed by atoms with Gasteiger partial charge in [-0.2, -0.15) is 0 Å². The Morgan fingerprint density at radius 3 is 1.11 bits per heavy atom. The van der Waals surface area contributed by atoms with Gasteiger partial charge in [0.15, 0.2) is 0 Å². The van der Waals surface area contributed by atoms with E-state index < -0.39 is 0 Å². The van der Waals surface area contributed by atoms with E-state index in [9.17, 15) is 0 Å². The van der Waals surface area contributed by atoms with Crippen molar-refractivity contribution in [2.24, 2.45) is 0 Å². The lowest BCUT2D eigenvalue weighted by atomic mass is 9.79. The van der Waals surface area contributed by atoms with Crippen molar-refractivity contribution in [2.45, 2.75) is 0 Å². The first-order chi connectivity index (χ1) is 31.2. The molecule has 18 rings (SSSR count). The Hall–Kier alpha value is -7.14. The molecule has 0 aliphatic heterocycles. The van der Waals surface area contributed by atoms with Crippen LogP contribution in [-0.2, 0) is 0 Å². The minimum atomic E-state index is 1.29. The second kappa shape index (κ2) is 10.4. The molecule has 3 heterocycles. The van der Waals surface area contributed by atoms with Gasteiger partial charge in [-0.15, -0.1) is 34.0 Å². The van der Waals surface area contributed by atoms with Crippen molar-refractivity contribution in [1.82, 2.24) is 0 Å². The number of rotatable bonds is 0. The van der Waals surface area contributed by atoms with Gasteiger partial charge in [0.1, 0.15) is 0 Å². The number of benzene rings is 14. The van der Waals surface area contributed by atoms with Gasteiger partial charge >= 0.3 is 0 Å². The summed E-state index contributed by atoms with van der Waals surface area (Å²) >= 11 is 5.85. The third-order valence-corrected chi connectivity index (χ3v) is 18.4. The lowest BCUT2D eigenvalue weighted by Crippen LogP contribution is -1.95. The predicted octanol–water partition coefficient (Wildman–Crippen LogP) is 19.2. The standard InChI is InChI=1S/C60H26S3/c1-4-10-30-17-37-33(13-27(30)7-1)16-36-22-42(37)58-49-44-23-43-48-45(36)24-62-59(48)54-38-18-31-11-5-2-9-29(31)15-35(38)21-41-47-26-63-60-55-39-19-32-12-6-3-8-28(32)14-34(39)20-40(46(49)25-61-58)50(55)53(44)57(56(47)60)52(43)51(41)54/h1-26H. The molecule has 0 nitrogen and oxygen atoms in total. The monoisotopic (exact) mass is 842 g/mol. The van der Waals surface area contributed by atoms with Gasteiger partial charge < -0.3 is 0 Å². The highest BCUT2D eigenvalue weighted by Gasteiger charge is 2.30. The summed E-state index contributed by atoms with van der Waals surface area (Å²) in [4.78, 5) is 0. The molecule has 0 spiro atoms. The maximum absolute atomic E-state index is 2.67. The van der Waals surface area contributed by atoms with E-state index in [2.05, 4.69) is 156 Å². The molecule has 0 aliphatic carbocycles. The van der Waals surface area contributed by atoms with Crippen LogP contribution in [0.1, 0.15) is 0 Å². The van der Waals surface area contributed by atoms with Crippen LogP contribution in [0, 0.1) is 0 Å². The van der Waals surface area contributed by atoms with E-state index in [4.69, 9.17) is 0 Å². The fourth-order valence-corrected chi connectivity index (χ4v) is 16.3. The SMILES string of the molecule is c1ccc2cc3c(cc2c1)cc1cc3c2scc3c4cc5cc6ccccc6cc5c5c6scc7c8cc9cc%10ccccc%10cc9c9c%10scc1c%10c1cc(c32)c(c45)c(c76)c1c89. The molecule has 18 aromatic rings. The summed E-state index contributed by atoms with van der Waals surface area (Å²) < 4.78 is 4.20. The third-order valence-electron chi connectivity index (χ3n) is 15.4. The molecule has 63 heavy (non-hydrogen) atoms. The second-order valence-electron chi connectivity index (χ2n) is 18.3. The van der Waals surface area contributed by atoms with Crippen molar-refractivity contribution in [3.63, 3.8) is 0 Å². The van der Waals surface area contributed by atoms with Crippen molar-refractivity contribution < 1.29 is 0 Å². The number of fused-ring (bicyclic) bond motifs is 17. The van der Waals surface area contributed by atoms with Crippen LogP contribution in [0.5, 0.6) is 0 Å². The predicted molar refractivity (Wildman–Crippen MR) is 282 cm³/mol. The molecule has 0 amide bonds. The molecule has 4 bridgehead atoms. The lowest BCUT2D eigenvalue weighted by molar-refractivity contribution is 1.80. The largest absolute Gasteiger partial charge is 0.142 e. The molecule has 3 aromatic heterocycles. The topological polar surface area (TPSA) is 0 Å². The lowest BCUT2D eigenvalue weighted by Gasteiger charge is -2.23. The molecule has 0 saturated heterocycles. The Labute approximate surface area is 368 Å². The van der Waals surface area contributed by atoms with Gasteiger partial charge in [0, 0.05) is 78.7 Å². The Morgan fingerprint density at radius 1 is 0.190 bits per heavy atom. The van der Waals surface area contributed by atoms with Crippen LogP contribution in [0.4, 0.5) is 0 Å². The summed E-state index contributed by atoms with van der Waals surface area (Å²) in [5, 5.41) is 49.8. The van der Waals surface area contributed by atoms with Crippen molar-refractivity contribution in [3.8, 4) is 0 Å². The highest BCUT2D eigenvalue weighted by atomic mass is 32.1. The molecule has 0 N–H and O–H groups in total. The van der Waals surface area contributed by atoms with Gasteiger partial charge in [0.25, 0.3) is 0 Å². The Kier molecular flexibility index (Phi) is 5.21. The average molecular weight is 843 g/mol. The molecule has 0 radical (unpaired) electrons. The molecule has 0 saturated carbocycles. The zero-order chi connectivity index (χ0) is 40.1. The van der Waals surface area contributed by atoms with Crippen LogP contribution in [-0.4, -0.2) is 0 Å². The van der Waals surface area contributed by atoms with Crippen LogP contribution in [0.25, 0.3) is 181 Å². The van der Waals surface area contributed by atoms with E-state index in [0.29, 0.717) is 0 Å². The molecule has 0 unspecified atom stereocenters. The summed E-state index contributed by atoms with van der Waals surface area (Å²) in [6.07, 6.45) is 0. The van der Waals surface area contributed by atoms with E-state index in [1.165, 1.54) is 181 Å². The summed E-state index contributed by atoms with van der Waals surface area (Å²) in [5.74, 6) is 0. The Morgan fingerprint density at radius 2 is 0.540 bits per heavy atom. The summed E-state index contributed by atoms with van der Waals surface area (Å²) in [5.41, 5.74) is 0. The summed E-state index contributed by atoms with van der Waals surface area (Å²) in [6, 6.07) is 54.3. The van der Waals surface area contributed by atoms with Crippen LogP contribution in [0.15, 0.2) is 156 Å². The first-order valence-electron chi connectivity index (χ1n) is 21.8. The average Bonchev–Trinajstić information content (AvgIpc) is 4.09. The van der Waals surface area contributed by atoms with Gasteiger partial charge in [-0.1, -0.05) is 72.8 Å².